The number of nitrogens with one attached hydrogen (secondary N) is 2. The van der Waals surface area contributed by atoms with Crippen LogP contribution in [0.3, 0.4) is 0 Å². The number of hydrogen-bond donors (Lipinski definition) is 2. The first-order valence-electron chi connectivity index (χ1n) is 9.15. The molecule has 1 atom stereocenters. The summed E-state index contributed by atoms with van der Waals surface area (Å²) < 4.78 is 0. The molecule has 0 amide bonds. The summed E-state index contributed by atoms with van der Waals surface area (Å²) in [6.07, 6.45) is 1.27. The van der Waals surface area contributed by atoms with E-state index in [1.807, 2.05) is 11.3 Å². The van der Waals surface area contributed by atoms with Gasteiger partial charge in [0.05, 0.1) is 6.54 Å². The maximum atomic E-state index is 4.76. The van der Waals surface area contributed by atoms with Crippen molar-refractivity contribution in [1.82, 2.24) is 20.4 Å². The largest absolute Gasteiger partial charge is 0.357 e. The average molecular weight is 479 g/mol. The van der Waals surface area contributed by atoms with Gasteiger partial charge in [-0.1, -0.05) is 13.0 Å². The Labute approximate surface area is 174 Å². The zero-order chi connectivity index (χ0) is 17.2. The summed E-state index contributed by atoms with van der Waals surface area (Å²) in [5, 5.41) is 8.98. The number of thiophene rings is 1. The molecule has 1 aromatic rings. The maximum absolute atomic E-state index is 4.76. The standard InChI is InChI=1S/C18H33N5S.HI/c1-4-19-18(21-15-16(2)17-7-5-14-24-17)20-8-11-23-10-6-9-22(3)12-13-23;/h5,7,14,16H,4,6,8-13,15H2,1-3H3,(H2,19,20,21);1H. The predicted molar refractivity (Wildman–Crippen MR) is 121 cm³/mol. The van der Waals surface area contributed by atoms with Gasteiger partial charge in [-0.05, 0) is 44.9 Å². The molecule has 0 bridgehead atoms. The van der Waals surface area contributed by atoms with Crippen molar-refractivity contribution in [2.75, 3.05) is 59.4 Å². The lowest BCUT2D eigenvalue weighted by Crippen LogP contribution is -2.42. The van der Waals surface area contributed by atoms with Gasteiger partial charge in [0.1, 0.15) is 0 Å². The molecular weight excluding hydrogens is 445 g/mol. The van der Waals surface area contributed by atoms with Gasteiger partial charge in [0.2, 0.25) is 0 Å². The van der Waals surface area contributed by atoms with E-state index >= 15 is 0 Å². The van der Waals surface area contributed by atoms with Crippen molar-refractivity contribution in [2.45, 2.75) is 26.2 Å². The Morgan fingerprint density at radius 3 is 2.84 bits per heavy atom. The minimum Gasteiger partial charge on any atom is -0.357 e. The van der Waals surface area contributed by atoms with E-state index in [1.165, 1.54) is 37.5 Å². The summed E-state index contributed by atoms with van der Waals surface area (Å²) in [6.45, 7) is 12.9. The smallest absolute Gasteiger partial charge is 0.191 e. The average Bonchev–Trinajstić information content (AvgIpc) is 3.03. The van der Waals surface area contributed by atoms with Gasteiger partial charge in [0, 0.05) is 43.5 Å². The number of nitrogens with zero attached hydrogens (tertiary/aromatic N) is 3. The van der Waals surface area contributed by atoms with Crippen molar-refractivity contribution < 1.29 is 0 Å². The first-order chi connectivity index (χ1) is 11.7. The van der Waals surface area contributed by atoms with Gasteiger partial charge >= 0.3 is 0 Å². The third-order valence-corrected chi connectivity index (χ3v) is 5.53. The Balaban J connectivity index is 0.00000312. The second kappa shape index (κ2) is 12.9. The molecule has 2 heterocycles. The molecule has 0 radical (unpaired) electrons. The van der Waals surface area contributed by atoms with Crippen LogP contribution in [0.1, 0.15) is 31.1 Å². The van der Waals surface area contributed by atoms with Crippen LogP contribution in [-0.4, -0.2) is 75.2 Å². The molecule has 1 fully saturated rings. The first kappa shape index (κ1) is 22.7. The number of guanidine groups is 1. The summed E-state index contributed by atoms with van der Waals surface area (Å²) in [5.74, 6) is 1.41. The van der Waals surface area contributed by atoms with Crippen LogP contribution in [0.15, 0.2) is 22.5 Å². The molecule has 1 aliphatic heterocycles. The topological polar surface area (TPSA) is 42.9 Å². The van der Waals surface area contributed by atoms with Gasteiger partial charge in [-0.15, -0.1) is 35.3 Å². The van der Waals surface area contributed by atoms with E-state index in [1.54, 1.807) is 0 Å². The highest BCUT2D eigenvalue weighted by Gasteiger charge is 2.11. The molecule has 0 aliphatic carbocycles. The van der Waals surface area contributed by atoms with Gasteiger partial charge in [-0.25, -0.2) is 0 Å². The van der Waals surface area contributed by atoms with E-state index in [-0.39, 0.29) is 24.0 Å². The Hall–Kier alpha value is -0.380. The van der Waals surface area contributed by atoms with Gasteiger partial charge in [0.15, 0.2) is 5.96 Å². The third kappa shape index (κ3) is 8.70. The molecule has 2 rings (SSSR count). The van der Waals surface area contributed by atoms with Crippen molar-refractivity contribution in [2.24, 2.45) is 4.99 Å². The van der Waals surface area contributed by atoms with Crippen molar-refractivity contribution >= 4 is 41.3 Å². The highest BCUT2D eigenvalue weighted by molar-refractivity contribution is 14.0. The third-order valence-electron chi connectivity index (χ3n) is 4.43. The van der Waals surface area contributed by atoms with E-state index in [0.717, 1.165) is 32.1 Å². The van der Waals surface area contributed by atoms with Crippen LogP contribution in [0, 0.1) is 0 Å². The second-order valence-electron chi connectivity index (χ2n) is 6.56. The van der Waals surface area contributed by atoms with E-state index in [0.29, 0.717) is 5.92 Å². The van der Waals surface area contributed by atoms with Crippen molar-refractivity contribution in [3.8, 4) is 0 Å². The Bertz CT molecular complexity index is 480. The summed E-state index contributed by atoms with van der Waals surface area (Å²) in [5.41, 5.74) is 0. The fraction of sp³-hybridized carbons (Fsp3) is 0.722. The summed E-state index contributed by atoms with van der Waals surface area (Å²) in [4.78, 5) is 11.1. The first-order valence-corrected chi connectivity index (χ1v) is 10.0. The Morgan fingerprint density at radius 1 is 1.28 bits per heavy atom. The molecular formula is C18H34IN5S. The molecule has 7 heteroatoms. The van der Waals surface area contributed by atoms with Gasteiger partial charge in [0.25, 0.3) is 0 Å². The predicted octanol–water partition coefficient (Wildman–Crippen LogP) is 2.66. The highest BCUT2D eigenvalue weighted by Crippen LogP contribution is 2.20. The number of likely N-dealkylation sites (N-methyl/N-ethyl adjacent to an activating group) is 1. The van der Waals surface area contributed by atoms with E-state index < -0.39 is 0 Å². The molecule has 25 heavy (non-hydrogen) atoms. The van der Waals surface area contributed by atoms with E-state index in [2.05, 4.69) is 58.8 Å². The zero-order valence-electron chi connectivity index (χ0n) is 15.8. The molecule has 144 valence electrons. The van der Waals surface area contributed by atoms with Crippen LogP contribution in [-0.2, 0) is 0 Å². The lowest BCUT2D eigenvalue weighted by Gasteiger charge is -2.21. The normalized spacial score (nSPS) is 18.3. The lowest BCUT2D eigenvalue weighted by molar-refractivity contribution is 0.280. The number of halogens is 1. The maximum Gasteiger partial charge on any atom is 0.191 e. The van der Waals surface area contributed by atoms with Gasteiger partial charge in [-0.2, -0.15) is 0 Å². The number of hydrogen-bond acceptors (Lipinski definition) is 4. The summed E-state index contributed by atoms with van der Waals surface area (Å²) in [7, 11) is 2.21. The van der Waals surface area contributed by atoms with Gasteiger partial charge in [-0.3, -0.25) is 4.99 Å². The minimum atomic E-state index is 0. The molecule has 0 aromatic carbocycles. The van der Waals surface area contributed by atoms with E-state index in [9.17, 15) is 0 Å². The Kier molecular flexibility index (Phi) is 11.7. The summed E-state index contributed by atoms with van der Waals surface area (Å²) >= 11 is 1.81. The van der Waals surface area contributed by atoms with Crippen LogP contribution in [0.5, 0.6) is 0 Å². The fourth-order valence-electron chi connectivity index (χ4n) is 2.89. The number of aliphatic imine (C=N–C) groups is 1. The van der Waals surface area contributed by atoms with Crippen molar-refractivity contribution in [3.05, 3.63) is 22.4 Å². The molecule has 1 aliphatic rings. The molecule has 1 unspecified atom stereocenters. The zero-order valence-corrected chi connectivity index (χ0v) is 19.0. The Morgan fingerprint density at radius 2 is 2.12 bits per heavy atom. The lowest BCUT2D eigenvalue weighted by atomic mass is 10.1. The van der Waals surface area contributed by atoms with Crippen LogP contribution in [0.25, 0.3) is 0 Å². The second-order valence-corrected chi connectivity index (χ2v) is 7.54. The quantitative estimate of drug-likeness (QED) is 0.359. The molecule has 1 saturated heterocycles. The number of rotatable bonds is 7. The molecule has 0 saturated carbocycles. The minimum absolute atomic E-state index is 0. The van der Waals surface area contributed by atoms with Crippen LogP contribution in [0.2, 0.25) is 0 Å². The van der Waals surface area contributed by atoms with Crippen molar-refractivity contribution in [3.63, 3.8) is 0 Å². The van der Waals surface area contributed by atoms with Gasteiger partial charge < -0.3 is 20.4 Å². The van der Waals surface area contributed by atoms with Crippen LogP contribution < -0.4 is 10.6 Å². The molecule has 5 nitrogen and oxygen atoms in total. The monoisotopic (exact) mass is 479 g/mol. The molecule has 0 spiro atoms. The summed E-state index contributed by atoms with van der Waals surface area (Å²) in [6, 6.07) is 4.31. The highest BCUT2D eigenvalue weighted by atomic mass is 127. The SMILES string of the molecule is CCNC(=NCC(C)c1cccs1)NCCN1CCCN(C)CC1.I. The van der Waals surface area contributed by atoms with E-state index in [4.69, 9.17) is 4.99 Å². The van der Waals surface area contributed by atoms with Crippen molar-refractivity contribution in [1.29, 1.82) is 0 Å². The van der Waals surface area contributed by atoms with Crippen LogP contribution in [0.4, 0.5) is 0 Å². The fourth-order valence-corrected chi connectivity index (χ4v) is 3.67. The molecule has 2 N–H and O–H groups in total. The van der Waals surface area contributed by atoms with Crippen LogP contribution >= 0.6 is 35.3 Å². The molecule has 1 aromatic heterocycles.